The molecule has 5 nitrogen and oxygen atoms in total. The van der Waals surface area contributed by atoms with E-state index < -0.39 is 0 Å². The summed E-state index contributed by atoms with van der Waals surface area (Å²) in [6.07, 6.45) is 7.34. The molecule has 1 aromatic carbocycles. The van der Waals surface area contributed by atoms with Crippen molar-refractivity contribution >= 4 is 5.71 Å². The summed E-state index contributed by atoms with van der Waals surface area (Å²) >= 11 is 0. The molecule has 4 rings (SSSR count). The monoisotopic (exact) mass is 299 g/mol. The van der Waals surface area contributed by atoms with Gasteiger partial charge in [-0.15, -0.1) is 16.6 Å². The van der Waals surface area contributed by atoms with Crippen molar-refractivity contribution in [3.63, 3.8) is 0 Å². The number of aliphatic imine (C=N–C) groups is 1. The van der Waals surface area contributed by atoms with Crippen molar-refractivity contribution in [1.29, 1.82) is 0 Å². The largest absolute Gasteiger partial charge is 0.281 e. The molecule has 0 saturated carbocycles. The highest BCUT2D eigenvalue weighted by molar-refractivity contribution is 6.14. The van der Waals surface area contributed by atoms with Gasteiger partial charge in [0.15, 0.2) is 5.82 Å². The average molecular weight is 299 g/mol. The minimum atomic E-state index is 0.451. The summed E-state index contributed by atoms with van der Waals surface area (Å²) in [5.41, 5.74) is 4.37. The van der Waals surface area contributed by atoms with Crippen LogP contribution in [0.2, 0.25) is 0 Å². The Morgan fingerprint density at radius 2 is 2.09 bits per heavy atom. The molecular weight excluding hydrogens is 286 g/mol. The number of hydrogen-bond acceptors (Lipinski definition) is 4. The van der Waals surface area contributed by atoms with Crippen molar-refractivity contribution in [2.45, 2.75) is 13.5 Å². The van der Waals surface area contributed by atoms with Gasteiger partial charge in [-0.1, -0.05) is 12.0 Å². The van der Waals surface area contributed by atoms with Crippen molar-refractivity contribution < 1.29 is 0 Å². The number of aryl methyl sites for hydroxylation is 1. The minimum absolute atomic E-state index is 0.451. The second-order valence-electron chi connectivity index (χ2n) is 5.25. The molecule has 5 heteroatoms. The Balaban J connectivity index is 2.02. The summed E-state index contributed by atoms with van der Waals surface area (Å²) < 4.78 is 2.02. The third kappa shape index (κ3) is 2.12. The summed E-state index contributed by atoms with van der Waals surface area (Å²) in [5.74, 6) is 4.32. The van der Waals surface area contributed by atoms with E-state index in [0.29, 0.717) is 6.54 Å². The molecule has 23 heavy (non-hydrogen) atoms. The van der Waals surface area contributed by atoms with E-state index in [1.807, 2.05) is 47.9 Å². The summed E-state index contributed by atoms with van der Waals surface area (Å²) in [4.78, 5) is 9.17. The molecule has 3 heterocycles. The van der Waals surface area contributed by atoms with Gasteiger partial charge in [0.1, 0.15) is 12.4 Å². The van der Waals surface area contributed by atoms with Gasteiger partial charge in [0.25, 0.3) is 0 Å². The fraction of sp³-hybridized carbons (Fsp3) is 0.111. The number of rotatable bonds is 1. The van der Waals surface area contributed by atoms with Crippen LogP contribution in [0.1, 0.15) is 28.5 Å². The standard InChI is InChI=1S/C18H13N5/c1-3-13-7-8-16-14(10-13)18(15-6-4-5-9-19-15)20-11-17-22-21-12(2)23(16)17/h1,4-10H,11H2,2H3. The van der Waals surface area contributed by atoms with Crippen LogP contribution < -0.4 is 0 Å². The molecule has 0 amide bonds. The Morgan fingerprint density at radius 3 is 2.87 bits per heavy atom. The van der Waals surface area contributed by atoms with Gasteiger partial charge in [-0.3, -0.25) is 14.5 Å². The van der Waals surface area contributed by atoms with Gasteiger partial charge in [-0.05, 0) is 37.3 Å². The van der Waals surface area contributed by atoms with E-state index in [0.717, 1.165) is 39.9 Å². The smallest absolute Gasteiger partial charge is 0.159 e. The molecule has 0 radical (unpaired) electrons. The Kier molecular flexibility index (Phi) is 3.02. The lowest BCUT2D eigenvalue weighted by Crippen LogP contribution is -2.10. The Bertz CT molecular complexity index is 961. The molecule has 0 fully saturated rings. The van der Waals surface area contributed by atoms with Crippen LogP contribution in [-0.4, -0.2) is 25.5 Å². The highest BCUT2D eigenvalue weighted by Gasteiger charge is 2.22. The summed E-state index contributed by atoms with van der Waals surface area (Å²) in [6.45, 7) is 2.38. The van der Waals surface area contributed by atoms with E-state index >= 15 is 0 Å². The van der Waals surface area contributed by atoms with Gasteiger partial charge >= 0.3 is 0 Å². The molecule has 2 aromatic heterocycles. The maximum Gasteiger partial charge on any atom is 0.159 e. The lowest BCUT2D eigenvalue weighted by molar-refractivity contribution is 0.861. The van der Waals surface area contributed by atoms with Crippen LogP contribution in [0.3, 0.4) is 0 Å². The van der Waals surface area contributed by atoms with Crippen molar-refractivity contribution in [3.8, 4) is 18.0 Å². The molecule has 0 bridgehead atoms. The highest BCUT2D eigenvalue weighted by Crippen LogP contribution is 2.25. The SMILES string of the molecule is C#Cc1ccc2c(c1)C(c1ccccn1)=NCc1nnc(C)n1-2. The fourth-order valence-corrected chi connectivity index (χ4v) is 2.79. The van der Waals surface area contributed by atoms with E-state index in [2.05, 4.69) is 21.1 Å². The minimum Gasteiger partial charge on any atom is -0.281 e. The van der Waals surface area contributed by atoms with Gasteiger partial charge in [0.2, 0.25) is 0 Å². The van der Waals surface area contributed by atoms with Crippen LogP contribution >= 0.6 is 0 Å². The Labute approximate surface area is 133 Å². The van der Waals surface area contributed by atoms with Gasteiger partial charge in [0, 0.05) is 17.3 Å². The maximum absolute atomic E-state index is 5.57. The lowest BCUT2D eigenvalue weighted by atomic mass is 10.0. The summed E-state index contributed by atoms with van der Waals surface area (Å²) in [5, 5.41) is 8.40. The molecule has 0 atom stereocenters. The second kappa shape index (κ2) is 5.18. The molecule has 1 aliphatic heterocycles. The number of terminal acetylenes is 1. The van der Waals surface area contributed by atoms with E-state index in [4.69, 9.17) is 11.4 Å². The number of aromatic nitrogens is 4. The van der Waals surface area contributed by atoms with Crippen LogP contribution in [0.15, 0.2) is 47.6 Å². The highest BCUT2D eigenvalue weighted by atomic mass is 15.3. The molecular formula is C18H13N5. The topological polar surface area (TPSA) is 56.0 Å². The number of nitrogens with zero attached hydrogens (tertiary/aromatic N) is 5. The Hall–Kier alpha value is -3.26. The lowest BCUT2D eigenvalue weighted by Gasteiger charge is -2.12. The molecule has 1 aliphatic rings. The first kappa shape index (κ1) is 13.4. The van der Waals surface area contributed by atoms with E-state index in [-0.39, 0.29) is 0 Å². The van der Waals surface area contributed by atoms with Crippen LogP contribution in [-0.2, 0) is 6.54 Å². The summed E-state index contributed by atoms with van der Waals surface area (Å²) in [7, 11) is 0. The number of benzene rings is 1. The van der Waals surface area contributed by atoms with E-state index in [9.17, 15) is 0 Å². The predicted octanol–water partition coefficient (Wildman–Crippen LogP) is 2.30. The maximum atomic E-state index is 5.57. The van der Waals surface area contributed by atoms with Crippen molar-refractivity contribution in [2.75, 3.05) is 0 Å². The number of pyridine rings is 1. The second-order valence-corrected chi connectivity index (χ2v) is 5.25. The van der Waals surface area contributed by atoms with Crippen LogP contribution in [0.5, 0.6) is 0 Å². The molecule has 0 spiro atoms. The van der Waals surface area contributed by atoms with Crippen molar-refractivity contribution in [2.24, 2.45) is 4.99 Å². The van der Waals surface area contributed by atoms with Gasteiger partial charge in [0.05, 0.1) is 17.1 Å². The first-order chi connectivity index (χ1) is 11.3. The first-order valence-corrected chi connectivity index (χ1v) is 7.26. The zero-order valence-electron chi connectivity index (χ0n) is 12.6. The number of fused-ring (bicyclic) bond motifs is 3. The van der Waals surface area contributed by atoms with Crippen molar-refractivity contribution in [1.82, 2.24) is 19.7 Å². The molecule has 0 saturated heterocycles. The molecule has 3 aromatic rings. The molecule has 0 aliphatic carbocycles. The average Bonchev–Trinajstić information content (AvgIpc) is 2.88. The van der Waals surface area contributed by atoms with Gasteiger partial charge in [-0.2, -0.15) is 0 Å². The molecule has 110 valence electrons. The van der Waals surface area contributed by atoms with E-state index in [1.54, 1.807) is 6.20 Å². The van der Waals surface area contributed by atoms with Crippen molar-refractivity contribution in [3.05, 3.63) is 71.1 Å². The number of hydrogen-bond donors (Lipinski definition) is 0. The zero-order valence-corrected chi connectivity index (χ0v) is 12.6. The normalized spacial score (nSPS) is 12.6. The first-order valence-electron chi connectivity index (χ1n) is 7.26. The third-order valence-corrected chi connectivity index (χ3v) is 3.84. The predicted molar refractivity (Wildman–Crippen MR) is 87.6 cm³/mol. The van der Waals surface area contributed by atoms with Crippen LogP contribution in [0.25, 0.3) is 5.69 Å². The van der Waals surface area contributed by atoms with Gasteiger partial charge < -0.3 is 0 Å². The van der Waals surface area contributed by atoms with Crippen LogP contribution in [0, 0.1) is 19.3 Å². The summed E-state index contributed by atoms with van der Waals surface area (Å²) in [6, 6.07) is 11.7. The zero-order chi connectivity index (χ0) is 15.8. The van der Waals surface area contributed by atoms with Gasteiger partial charge in [-0.25, -0.2) is 0 Å². The van der Waals surface area contributed by atoms with E-state index in [1.165, 1.54) is 0 Å². The fourth-order valence-electron chi connectivity index (χ4n) is 2.79. The Morgan fingerprint density at radius 1 is 1.17 bits per heavy atom. The molecule has 0 unspecified atom stereocenters. The van der Waals surface area contributed by atoms with Crippen LogP contribution in [0.4, 0.5) is 0 Å². The quantitative estimate of drug-likeness (QED) is 0.648. The molecule has 0 N–H and O–H groups in total. The third-order valence-electron chi connectivity index (χ3n) is 3.84.